The molecule has 0 aliphatic carbocycles. The van der Waals surface area contributed by atoms with Crippen LogP contribution in [0.1, 0.15) is 6.92 Å². The lowest BCUT2D eigenvalue weighted by atomic mass is 10.2. The summed E-state index contributed by atoms with van der Waals surface area (Å²) in [6.45, 7) is 1.16. The molecule has 21 heavy (non-hydrogen) atoms. The third-order valence-electron chi connectivity index (χ3n) is 2.85. The fourth-order valence-corrected chi connectivity index (χ4v) is 1.79. The van der Waals surface area contributed by atoms with E-state index < -0.39 is 23.5 Å². The molecule has 0 aliphatic rings. The van der Waals surface area contributed by atoms with Crippen LogP contribution in [0.3, 0.4) is 0 Å². The van der Waals surface area contributed by atoms with E-state index in [9.17, 15) is 14.4 Å². The SMILES string of the molecule is COC(=O)C(C)NC(=O)Cn1nnc2ccccc2c1=O. The van der Waals surface area contributed by atoms with Gasteiger partial charge in [0.15, 0.2) is 0 Å². The molecule has 1 amide bonds. The minimum absolute atomic E-state index is 0.321. The predicted octanol–water partition coefficient (Wildman–Crippen LogP) is -0.531. The molecule has 0 spiro atoms. The first-order valence-electron chi connectivity index (χ1n) is 6.22. The van der Waals surface area contributed by atoms with E-state index in [1.165, 1.54) is 14.0 Å². The van der Waals surface area contributed by atoms with Crippen molar-refractivity contribution in [3.8, 4) is 0 Å². The van der Waals surface area contributed by atoms with Gasteiger partial charge in [-0.3, -0.25) is 9.59 Å². The number of amides is 1. The molecule has 1 atom stereocenters. The summed E-state index contributed by atoms with van der Waals surface area (Å²) in [6.07, 6.45) is 0. The van der Waals surface area contributed by atoms with Crippen molar-refractivity contribution in [2.24, 2.45) is 0 Å². The normalized spacial score (nSPS) is 11.9. The van der Waals surface area contributed by atoms with Gasteiger partial charge < -0.3 is 10.1 Å². The van der Waals surface area contributed by atoms with Crippen molar-refractivity contribution in [2.75, 3.05) is 7.11 Å². The Morgan fingerprint density at radius 2 is 2.10 bits per heavy atom. The fourth-order valence-electron chi connectivity index (χ4n) is 1.79. The number of benzene rings is 1. The first-order chi connectivity index (χ1) is 10.0. The van der Waals surface area contributed by atoms with E-state index in [-0.39, 0.29) is 6.54 Å². The number of fused-ring (bicyclic) bond motifs is 1. The van der Waals surface area contributed by atoms with Gasteiger partial charge in [0, 0.05) is 0 Å². The number of nitrogens with one attached hydrogen (secondary N) is 1. The molecular formula is C13H14N4O4. The Balaban J connectivity index is 2.17. The highest BCUT2D eigenvalue weighted by Crippen LogP contribution is 2.03. The third kappa shape index (κ3) is 3.22. The largest absolute Gasteiger partial charge is 0.467 e. The van der Waals surface area contributed by atoms with Crippen LogP contribution in [0.25, 0.3) is 10.9 Å². The van der Waals surface area contributed by atoms with Crippen LogP contribution in [0.4, 0.5) is 0 Å². The van der Waals surface area contributed by atoms with Gasteiger partial charge in [-0.15, -0.1) is 5.10 Å². The van der Waals surface area contributed by atoms with E-state index in [4.69, 9.17) is 0 Å². The zero-order valence-corrected chi connectivity index (χ0v) is 11.6. The van der Waals surface area contributed by atoms with Crippen LogP contribution in [-0.4, -0.2) is 40.0 Å². The molecule has 1 unspecified atom stereocenters. The Morgan fingerprint density at radius 1 is 1.38 bits per heavy atom. The second-order valence-electron chi connectivity index (χ2n) is 4.38. The van der Waals surface area contributed by atoms with E-state index in [0.29, 0.717) is 10.9 Å². The molecule has 2 rings (SSSR count). The molecule has 2 aromatic rings. The van der Waals surface area contributed by atoms with E-state index in [1.54, 1.807) is 24.3 Å². The molecule has 8 heteroatoms. The van der Waals surface area contributed by atoms with Crippen LogP contribution < -0.4 is 10.9 Å². The number of nitrogens with zero attached hydrogens (tertiary/aromatic N) is 3. The highest BCUT2D eigenvalue weighted by molar-refractivity contribution is 5.84. The van der Waals surface area contributed by atoms with Gasteiger partial charge in [0.25, 0.3) is 5.56 Å². The number of hydrogen-bond acceptors (Lipinski definition) is 6. The minimum Gasteiger partial charge on any atom is -0.467 e. The van der Waals surface area contributed by atoms with Crippen LogP contribution in [0.5, 0.6) is 0 Å². The Hall–Kier alpha value is -2.77. The van der Waals surface area contributed by atoms with Crippen molar-refractivity contribution < 1.29 is 14.3 Å². The number of aromatic nitrogens is 3. The molecule has 0 radical (unpaired) electrons. The third-order valence-corrected chi connectivity index (χ3v) is 2.85. The quantitative estimate of drug-likeness (QED) is 0.759. The van der Waals surface area contributed by atoms with Crippen molar-refractivity contribution in [1.82, 2.24) is 20.3 Å². The van der Waals surface area contributed by atoms with Gasteiger partial charge in [0.2, 0.25) is 5.91 Å². The average Bonchev–Trinajstić information content (AvgIpc) is 2.49. The van der Waals surface area contributed by atoms with Crippen molar-refractivity contribution in [3.05, 3.63) is 34.6 Å². The number of carbonyl (C=O) groups is 2. The van der Waals surface area contributed by atoms with E-state index >= 15 is 0 Å². The summed E-state index contributed by atoms with van der Waals surface area (Å²) in [5.74, 6) is -1.10. The molecule has 0 aliphatic heterocycles. The maximum Gasteiger partial charge on any atom is 0.328 e. The van der Waals surface area contributed by atoms with Gasteiger partial charge in [0.1, 0.15) is 18.1 Å². The van der Waals surface area contributed by atoms with Crippen molar-refractivity contribution >= 4 is 22.8 Å². The molecular weight excluding hydrogens is 276 g/mol. The molecule has 0 saturated heterocycles. The lowest BCUT2D eigenvalue weighted by Crippen LogP contribution is -2.42. The second-order valence-corrected chi connectivity index (χ2v) is 4.38. The standard InChI is InChI=1S/C13H14N4O4/c1-8(13(20)21-2)14-11(18)7-17-12(19)9-5-3-4-6-10(9)15-16-17/h3-6,8H,7H2,1-2H3,(H,14,18). The van der Waals surface area contributed by atoms with Gasteiger partial charge in [-0.1, -0.05) is 17.3 Å². The van der Waals surface area contributed by atoms with Crippen LogP contribution in [0, 0.1) is 0 Å². The summed E-state index contributed by atoms with van der Waals surface area (Å²) in [5, 5.41) is 10.4. The molecule has 1 heterocycles. The monoisotopic (exact) mass is 290 g/mol. The van der Waals surface area contributed by atoms with Gasteiger partial charge >= 0.3 is 5.97 Å². The van der Waals surface area contributed by atoms with E-state index in [0.717, 1.165) is 4.68 Å². The summed E-state index contributed by atoms with van der Waals surface area (Å²) in [5.41, 5.74) is 0.0450. The summed E-state index contributed by atoms with van der Waals surface area (Å²) >= 11 is 0. The molecule has 0 bridgehead atoms. The van der Waals surface area contributed by atoms with Gasteiger partial charge in [-0.25, -0.2) is 9.48 Å². The van der Waals surface area contributed by atoms with Crippen LogP contribution in [0.2, 0.25) is 0 Å². The maximum atomic E-state index is 12.1. The molecule has 1 aromatic carbocycles. The zero-order valence-electron chi connectivity index (χ0n) is 11.6. The topological polar surface area (TPSA) is 103 Å². The molecule has 1 aromatic heterocycles. The Bertz CT molecular complexity index is 740. The zero-order chi connectivity index (χ0) is 15.4. The van der Waals surface area contributed by atoms with Crippen molar-refractivity contribution in [2.45, 2.75) is 19.5 Å². The summed E-state index contributed by atoms with van der Waals surface area (Å²) < 4.78 is 5.44. The molecule has 0 saturated carbocycles. The summed E-state index contributed by atoms with van der Waals surface area (Å²) in [4.78, 5) is 35.1. The van der Waals surface area contributed by atoms with Gasteiger partial charge in [-0.2, -0.15) is 0 Å². The highest BCUT2D eigenvalue weighted by Gasteiger charge is 2.17. The molecule has 0 fully saturated rings. The van der Waals surface area contributed by atoms with Crippen LogP contribution in [-0.2, 0) is 20.9 Å². The number of ether oxygens (including phenoxy) is 1. The van der Waals surface area contributed by atoms with Crippen molar-refractivity contribution in [3.63, 3.8) is 0 Å². The predicted molar refractivity (Wildman–Crippen MR) is 73.4 cm³/mol. The van der Waals surface area contributed by atoms with E-state index in [1.807, 2.05) is 0 Å². The van der Waals surface area contributed by atoms with Crippen molar-refractivity contribution in [1.29, 1.82) is 0 Å². The Labute approximate surface area is 119 Å². The Morgan fingerprint density at radius 3 is 2.81 bits per heavy atom. The van der Waals surface area contributed by atoms with Gasteiger partial charge in [-0.05, 0) is 19.1 Å². The van der Waals surface area contributed by atoms with Crippen LogP contribution in [0.15, 0.2) is 29.1 Å². The number of esters is 1. The lowest BCUT2D eigenvalue weighted by Gasteiger charge is -2.11. The summed E-state index contributed by atoms with van der Waals surface area (Å²) in [6, 6.07) is 5.91. The number of hydrogen-bond donors (Lipinski definition) is 1. The maximum absolute atomic E-state index is 12.1. The van der Waals surface area contributed by atoms with Crippen LogP contribution >= 0.6 is 0 Å². The second kappa shape index (κ2) is 6.12. The highest BCUT2D eigenvalue weighted by atomic mass is 16.5. The first kappa shape index (κ1) is 14.6. The van der Waals surface area contributed by atoms with Gasteiger partial charge in [0.05, 0.1) is 12.5 Å². The summed E-state index contributed by atoms with van der Waals surface area (Å²) in [7, 11) is 1.23. The number of carbonyl (C=O) groups excluding carboxylic acids is 2. The number of methoxy groups -OCH3 is 1. The first-order valence-corrected chi connectivity index (χ1v) is 6.22. The lowest BCUT2D eigenvalue weighted by molar-refractivity contribution is -0.144. The van der Waals surface area contributed by atoms with E-state index in [2.05, 4.69) is 20.4 Å². The Kier molecular flexibility index (Phi) is 4.27. The molecule has 1 N–H and O–H groups in total. The number of rotatable bonds is 4. The minimum atomic E-state index is -0.799. The molecule has 8 nitrogen and oxygen atoms in total. The molecule has 110 valence electrons. The smallest absolute Gasteiger partial charge is 0.328 e. The fraction of sp³-hybridized carbons (Fsp3) is 0.308. The average molecular weight is 290 g/mol.